The van der Waals surface area contributed by atoms with Gasteiger partial charge >= 0.3 is 6.03 Å². The van der Waals surface area contributed by atoms with E-state index >= 15 is 0 Å². The fourth-order valence-corrected chi connectivity index (χ4v) is 3.57. The van der Waals surface area contributed by atoms with E-state index in [4.69, 9.17) is 5.10 Å². The molecule has 6 nitrogen and oxygen atoms in total. The summed E-state index contributed by atoms with van der Waals surface area (Å²) < 4.78 is 15.6. The van der Waals surface area contributed by atoms with Crippen LogP contribution >= 0.6 is 0 Å². The van der Waals surface area contributed by atoms with Crippen molar-refractivity contribution < 1.29 is 9.18 Å². The first-order valence-corrected chi connectivity index (χ1v) is 9.52. The maximum atomic E-state index is 13.6. The Hall–Kier alpha value is -3.22. The highest BCUT2D eigenvalue weighted by Crippen LogP contribution is 2.30. The van der Waals surface area contributed by atoms with E-state index in [0.717, 1.165) is 37.1 Å². The first-order valence-electron chi connectivity index (χ1n) is 9.52. The quantitative estimate of drug-likeness (QED) is 0.709. The van der Waals surface area contributed by atoms with Gasteiger partial charge in [0.05, 0.1) is 17.9 Å². The third-order valence-electron chi connectivity index (χ3n) is 4.90. The Balaban J connectivity index is 1.43. The van der Waals surface area contributed by atoms with Crippen molar-refractivity contribution in [2.45, 2.75) is 32.2 Å². The van der Waals surface area contributed by atoms with E-state index < -0.39 is 11.8 Å². The van der Waals surface area contributed by atoms with Crippen LogP contribution in [0.25, 0.3) is 11.4 Å². The van der Waals surface area contributed by atoms with Gasteiger partial charge in [-0.15, -0.1) is 0 Å². The second kappa shape index (κ2) is 8.21. The molecule has 0 aliphatic heterocycles. The van der Waals surface area contributed by atoms with Crippen LogP contribution in [0.3, 0.4) is 0 Å². The van der Waals surface area contributed by atoms with E-state index in [1.807, 2.05) is 22.9 Å². The molecule has 4 rings (SSSR count). The minimum absolute atomic E-state index is 0.161. The van der Waals surface area contributed by atoms with Gasteiger partial charge in [0.25, 0.3) is 0 Å². The van der Waals surface area contributed by atoms with E-state index in [1.54, 1.807) is 18.3 Å². The highest BCUT2D eigenvalue weighted by atomic mass is 19.1. The van der Waals surface area contributed by atoms with Crippen LogP contribution in [0.2, 0.25) is 0 Å². The number of nitrogens with one attached hydrogen (secondary N) is 2. The Kier molecular flexibility index (Phi) is 5.32. The molecule has 0 bridgehead atoms. The summed E-state index contributed by atoms with van der Waals surface area (Å²) in [5.41, 5.74) is 4.47. The molecule has 1 aliphatic carbocycles. The molecular formula is C21H22FN5O. The van der Waals surface area contributed by atoms with Crippen molar-refractivity contribution >= 4 is 11.7 Å². The second-order valence-electron chi connectivity index (χ2n) is 6.78. The SMILES string of the molecule is O=C(NCCn1nc(-c2ccccn2)c2c1CCCC2)Nc1ccccc1F. The molecular weight excluding hydrogens is 357 g/mol. The minimum Gasteiger partial charge on any atom is -0.336 e. The molecule has 3 aromatic rings. The third-order valence-corrected chi connectivity index (χ3v) is 4.90. The van der Waals surface area contributed by atoms with Crippen molar-refractivity contribution in [3.63, 3.8) is 0 Å². The molecule has 144 valence electrons. The summed E-state index contributed by atoms with van der Waals surface area (Å²) in [5, 5.41) is 10.1. The smallest absolute Gasteiger partial charge is 0.319 e. The van der Waals surface area contributed by atoms with Gasteiger partial charge in [-0.25, -0.2) is 9.18 Å². The van der Waals surface area contributed by atoms with E-state index in [1.165, 1.54) is 23.4 Å². The zero-order valence-electron chi connectivity index (χ0n) is 15.5. The number of anilines is 1. The van der Waals surface area contributed by atoms with E-state index in [2.05, 4.69) is 15.6 Å². The van der Waals surface area contributed by atoms with Gasteiger partial charge in [-0.1, -0.05) is 18.2 Å². The Labute approximate surface area is 162 Å². The van der Waals surface area contributed by atoms with Crippen molar-refractivity contribution in [2.75, 3.05) is 11.9 Å². The standard InChI is InChI=1S/C21H22FN5O/c22-16-8-2-3-9-17(16)25-21(28)24-13-14-27-19-11-4-1-7-15(19)20(26-27)18-10-5-6-12-23-18/h2-3,5-6,8-10,12H,1,4,7,11,13-14H2,(H2,24,25,28). The van der Waals surface area contributed by atoms with Gasteiger partial charge in [0.1, 0.15) is 11.5 Å². The molecule has 0 atom stereocenters. The number of nitrogens with zero attached hydrogens (tertiary/aromatic N) is 3. The lowest BCUT2D eigenvalue weighted by Crippen LogP contribution is -2.32. The maximum absolute atomic E-state index is 13.6. The number of halogens is 1. The number of hydrogen-bond donors (Lipinski definition) is 2. The summed E-state index contributed by atoms with van der Waals surface area (Å²) in [4.78, 5) is 16.5. The van der Waals surface area contributed by atoms with Crippen LogP contribution in [-0.2, 0) is 19.4 Å². The fourth-order valence-electron chi connectivity index (χ4n) is 3.57. The largest absolute Gasteiger partial charge is 0.336 e. The Morgan fingerprint density at radius 3 is 2.75 bits per heavy atom. The van der Waals surface area contributed by atoms with E-state index in [9.17, 15) is 9.18 Å². The zero-order valence-corrected chi connectivity index (χ0v) is 15.5. The Morgan fingerprint density at radius 2 is 1.93 bits per heavy atom. The van der Waals surface area contributed by atoms with Crippen LogP contribution in [0, 0.1) is 5.82 Å². The predicted molar refractivity (Wildman–Crippen MR) is 106 cm³/mol. The van der Waals surface area contributed by atoms with Crippen molar-refractivity contribution in [1.29, 1.82) is 0 Å². The lowest BCUT2D eigenvalue weighted by atomic mass is 9.95. The lowest BCUT2D eigenvalue weighted by Gasteiger charge is -2.14. The number of carbonyl (C=O) groups is 1. The van der Waals surface area contributed by atoms with Gasteiger partial charge < -0.3 is 10.6 Å². The molecule has 0 saturated carbocycles. The molecule has 7 heteroatoms. The van der Waals surface area contributed by atoms with Gasteiger partial charge in [-0.05, 0) is 49.9 Å². The van der Waals surface area contributed by atoms with Gasteiger partial charge in [0.2, 0.25) is 0 Å². The van der Waals surface area contributed by atoms with Crippen molar-refractivity contribution in [1.82, 2.24) is 20.1 Å². The molecule has 2 aromatic heterocycles. The molecule has 0 saturated heterocycles. The molecule has 0 radical (unpaired) electrons. The average Bonchev–Trinajstić information content (AvgIpc) is 3.09. The molecule has 0 fully saturated rings. The summed E-state index contributed by atoms with van der Waals surface area (Å²) in [5.74, 6) is -0.459. The van der Waals surface area contributed by atoms with Crippen molar-refractivity contribution in [3.05, 3.63) is 65.7 Å². The number of rotatable bonds is 5. The molecule has 28 heavy (non-hydrogen) atoms. The van der Waals surface area contributed by atoms with E-state index in [-0.39, 0.29) is 5.69 Å². The second-order valence-corrected chi connectivity index (χ2v) is 6.78. The van der Waals surface area contributed by atoms with Crippen LogP contribution < -0.4 is 10.6 Å². The fraction of sp³-hybridized carbons (Fsp3) is 0.286. The van der Waals surface area contributed by atoms with Crippen LogP contribution in [-0.4, -0.2) is 27.3 Å². The number of para-hydroxylation sites is 1. The predicted octanol–water partition coefficient (Wildman–Crippen LogP) is 3.78. The van der Waals surface area contributed by atoms with Gasteiger partial charge in [-0.3, -0.25) is 9.67 Å². The molecule has 2 N–H and O–H groups in total. The highest BCUT2D eigenvalue weighted by molar-refractivity contribution is 5.89. The summed E-state index contributed by atoms with van der Waals surface area (Å²) in [7, 11) is 0. The molecule has 0 spiro atoms. The number of urea groups is 1. The molecule has 2 heterocycles. The zero-order chi connectivity index (χ0) is 19.3. The number of benzene rings is 1. The Bertz CT molecular complexity index is 970. The van der Waals surface area contributed by atoms with Crippen LogP contribution in [0.4, 0.5) is 14.9 Å². The number of hydrogen-bond acceptors (Lipinski definition) is 3. The highest BCUT2D eigenvalue weighted by Gasteiger charge is 2.22. The number of carbonyl (C=O) groups excluding carboxylic acids is 1. The normalized spacial score (nSPS) is 13.0. The number of aromatic nitrogens is 3. The van der Waals surface area contributed by atoms with Crippen LogP contribution in [0.5, 0.6) is 0 Å². The minimum atomic E-state index is -0.459. The van der Waals surface area contributed by atoms with Crippen LogP contribution in [0.1, 0.15) is 24.1 Å². The summed E-state index contributed by atoms with van der Waals surface area (Å²) in [6.07, 6.45) is 6.06. The third kappa shape index (κ3) is 3.88. The first-order chi connectivity index (χ1) is 13.7. The number of amides is 2. The molecule has 0 unspecified atom stereocenters. The summed E-state index contributed by atoms with van der Waals surface area (Å²) >= 11 is 0. The lowest BCUT2D eigenvalue weighted by molar-refractivity contribution is 0.251. The maximum Gasteiger partial charge on any atom is 0.319 e. The number of pyridine rings is 1. The monoisotopic (exact) mass is 379 g/mol. The Morgan fingerprint density at radius 1 is 1.11 bits per heavy atom. The van der Waals surface area contributed by atoms with Gasteiger partial charge in [-0.2, -0.15) is 5.10 Å². The molecule has 1 aromatic carbocycles. The molecule has 1 aliphatic rings. The van der Waals surface area contributed by atoms with Gasteiger partial charge in [0, 0.05) is 24.0 Å². The first kappa shape index (κ1) is 18.2. The van der Waals surface area contributed by atoms with E-state index in [0.29, 0.717) is 13.1 Å². The summed E-state index contributed by atoms with van der Waals surface area (Å²) in [6, 6.07) is 11.5. The molecule has 2 amide bonds. The average molecular weight is 379 g/mol. The van der Waals surface area contributed by atoms with Gasteiger partial charge in [0.15, 0.2) is 0 Å². The topological polar surface area (TPSA) is 71.8 Å². The number of fused-ring (bicyclic) bond motifs is 1. The van der Waals surface area contributed by atoms with Crippen molar-refractivity contribution in [3.8, 4) is 11.4 Å². The van der Waals surface area contributed by atoms with Crippen LogP contribution in [0.15, 0.2) is 48.7 Å². The van der Waals surface area contributed by atoms with Crippen molar-refractivity contribution in [2.24, 2.45) is 0 Å². The summed E-state index contributed by atoms with van der Waals surface area (Å²) in [6.45, 7) is 0.954.